The molecule has 0 aromatic heterocycles. The van der Waals surface area contributed by atoms with Gasteiger partial charge in [-0.2, -0.15) is 0 Å². The second kappa shape index (κ2) is 7.00. The van der Waals surface area contributed by atoms with Gasteiger partial charge in [-0.05, 0) is 11.6 Å². The monoisotopic (exact) mass is 261 g/mol. The minimum Gasteiger partial charge on any atom is -0.466 e. The minimum absolute atomic E-state index is 0.0105. The van der Waals surface area contributed by atoms with Crippen molar-refractivity contribution in [3.63, 3.8) is 0 Å². The van der Waals surface area contributed by atoms with Gasteiger partial charge >= 0.3 is 11.9 Å². The Morgan fingerprint density at radius 2 is 1.89 bits per heavy atom. The molecule has 19 heavy (non-hydrogen) atoms. The van der Waals surface area contributed by atoms with E-state index in [1.807, 2.05) is 12.1 Å². The zero-order chi connectivity index (χ0) is 14.3. The third-order valence-electron chi connectivity index (χ3n) is 2.32. The van der Waals surface area contributed by atoms with Gasteiger partial charge in [-0.3, -0.25) is 0 Å². The summed E-state index contributed by atoms with van der Waals surface area (Å²) in [6, 6.07) is 7.21. The lowest BCUT2D eigenvalue weighted by Gasteiger charge is -2.11. The largest absolute Gasteiger partial charge is 0.466 e. The third kappa shape index (κ3) is 3.99. The topological polar surface area (TPSA) is 64.6 Å². The number of carbonyl (C=O) groups is 2. The number of hydrogen-bond acceptors (Lipinski definition) is 5. The van der Waals surface area contributed by atoms with Gasteiger partial charge in [0, 0.05) is 5.69 Å². The van der Waals surface area contributed by atoms with Crippen molar-refractivity contribution in [2.75, 3.05) is 19.5 Å². The van der Waals surface area contributed by atoms with Crippen LogP contribution in [0.1, 0.15) is 5.56 Å². The molecule has 0 aliphatic heterocycles. The highest BCUT2D eigenvalue weighted by Crippen LogP contribution is 2.18. The first-order valence-corrected chi connectivity index (χ1v) is 5.48. The van der Waals surface area contributed by atoms with E-state index in [-0.39, 0.29) is 5.70 Å². The molecule has 0 heterocycles. The van der Waals surface area contributed by atoms with Gasteiger partial charge in [-0.1, -0.05) is 30.9 Å². The SMILES string of the molecule is C=Cc1ccccc1N/C(=C/C(=O)OC)C(=O)OC. The Labute approximate surface area is 111 Å². The van der Waals surface area contributed by atoms with Crippen LogP contribution in [0.5, 0.6) is 0 Å². The normalized spacial score (nSPS) is 10.5. The Morgan fingerprint density at radius 1 is 1.21 bits per heavy atom. The smallest absolute Gasteiger partial charge is 0.354 e. The summed E-state index contributed by atoms with van der Waals surface area (Å²) in [5.41, 5.74) is 1.42. The van der Waals surface area contributed by atoms with Crippen molar-refractivity contribution in [1.29, 1.82) is 0 Å². The maximum absolute atomic E-state index is 11.6. The molecule has 0 unspecified atom stereocenters. The van der Waals surface area contributed by atoms with E-state index < -0.39 is 11.9 Å². The lowest BCUT2D eigenvalue weighted by Crippen LogP contribution is -2.15. The summed E-state index contributed by atoms with van der Waals surface area (Å²) in [7, 11) is 2.46. The molecule has 0 saturated heterocycles. The standard InChI is InChI=1S/C14H15NO4/c1-4-10-7-5-6-8-11(10)15-12(14(17)19-3)9-13(16)18-2/h4-9,15H,1H2,2-3H3/b12-9+. The Kier molecular flexibility index (Phi) is 5.35. The molecular formula is C14H15NO4. The van der Waals surface area contributed by atoms with Crippen LogP contribution in [0.2, 0.25) is 0 Å². The molecule has 0 radical (unpaired) electrons. The average Bonchev–Trinajstić information content (AvgIpc) is 2.45. The highest BCUT2D eigenvalue weighted by molar-refractivity contribution is 5.99. The second-order valence-corrected chi connectivity index (χ2v) is 3.49. The van der Waals surface area contributed by atoms with Crippen LogP contribution >= 0.6 is 0 Å². The summed E-state index contributed by atoms with van der Waals surface area (Å²) in [5, 5.41) is 2.83. The van der Waals surface area contributed by atoms with Crippen LogP contribution < -0.4 is 5.32 Å². The van der Waals surface area contributed by atoms with Crippen LogP contribution in [-0.4, -0.2) is 26.2 Å². The quantitative estimate of drug-likeness (QED) is 0.648. The summed E-state index contributed by atoms with van der Waals surface area (Å²) >= 11 is 0. The summed E-state index contributed by atoms with van der Waals surface area (Å²) < 4.78 is 9.09. The summed E-state index contributed by atoms with van der Waals surface area (Å²) in [6.07, 6.45) is 2.67. The van der Waals surface area contributed by atoms with E-state index in [0.717, 1.165) is 11.6 Å². The molecule has 1 aromatic rings. The van der Waals surface area contributed by atoms with Crippen LogP contribution in [-0.2, 0) is 19.1 Å². The van der Waals surface area contributed by atoms with E-state index in [9.17, 15) is 9.59 Å². The molecule has 0 amide bonds. The Hall–Kier alpha value is -2.56. The highest BCUT2D eigenvalue weighted by atomic mass is 16.5. The van der Waals surface area contributed by atoms with Gasteiger partial charge in [-0.15, -0.1) is 0 Å². The minimum atomic E-state index is -0.663. The van der Waals surface area contributed by atoms with E-state index in [1.54, 1.807) is 18.2 Å². The van der Waals surface area contributed by atoms with E-state index >= 15 is 0 Å². The lowest BCUT2D eigenvalue weighted by molar-refractivity contribution is -0.138. The Morgan fingerprint density at radius 3 is 2.47 bits per heavy atom. The van der Waals surface area contributed by atoms with Crippen LogP contribution in [0.15, 0.2) is 42.6 Å². The number of hydrogen-bond donors (Lipinski definition) is 1. The van der Waals surface area contributed by atoms with Gasteiger partial charge in [-0.25, -0.2) is 9.59 Å². The first-order valence-electron chi connectivity index (χ1n) is 5.48. The van der Waals surface area contributed by atoms with Crippen LogP contribution in [0.3, 0.4) is 0 Å². The predicted octanol–water partition coefficient (Wildman–Crippen LogP) is 1.97. The van der Waals surface area contributed by atoms with Crippen LogP contribution in [0.25, 0.3) is 6.08 Å². The van der Waals surface area contributed by atoms with E-state index in [1.165, 1.54) is 14.2 Å². The fourth-order valence-corrected chi connectivity index (χ4v) is 1.37. The molecular weight excluding hydrogens is 246 g/mol. The summed E-state index contributed by atoms with van der Waals surface area (Å²) in [5.74, 6) is -1.31. The zero-order valence-electron chi connectivity index (χ0n) is 10.8. The summed E-state index contributed by atoms with van der Waals surface area (Å²) in [4.78, 5) is 22.8. The van der Waals surface area contributed by atoms with Crippen molar-refractivity contribution in [3.05, 3.63) is 48.2 Å². The number of benzene rings is 1. The predicted molar refractivity (Wildman–Crippen MR) is 72.3 cm³/mol. The van der Waals surface area contributed by atoms with Crippen molar-refractivity contribution < 1.29 is 19.1 Å². The van der Waals surface area contributed by atoms with Gasteiger partial charge in [0.15, 0.2) is 0 Å². The third-order valence-corrected chi connectivity index (χ3v) is 2.32. The van der Waals surface area contributed by atoms with Crippen molar-refractivity contribution in [2.24, 2.45) is 0 Å². The molecule has 5 nitrogen and oxygen atoms in total. The molecule has 0 bridgehead atoms. The van der Waals surface area contributed by atoms with Crippen molar-refractivity contribution in [3.8, 4) is 0 Å². The average molecular weight is 261 g/mol. The molecule has 0 saturated carbocycles. The number of carbonyl (C=O) groups excluding carboxylic acids is 2. The number of nitrogens with one attached hydrogen (secondary N) is 1. The maximum atomic E-state index is 11.6. The van der Waals surface area contributed by atoms with Gasteiger partial charge < -0.3 is 14.8 Å². The molecule has 100 valence electrons. The zero-order valence-corrected chi connectivity index (χ0v) is 10.8. The number of para-hydroxylation sites is 1. The lowest BCUT2D eigenvalue weighted by atomic mass is 10.1. The fourth-order valence-electron chi connectivity index (χ4n) is 1.37. The molecule has 0 aliphatic rings. The van der Waals surface area contributed by atoms with Crippen molar-refractivity contribution in [1.82, 2.24) is 0 Å². The fraction of sp³-hybridized carbons (Fsp3) is 0.143. The van der Waals surface area contributed by atoms with Crippen LogP contribution in [0.4, 0.5) is 5.69 Å². The Bertz CT molecular complexity index is 520. The van der Waals surface area contributed by atoms with E-state index in [4.69, 9.17) is 0 Å². The number of methoxy groups -OCH3 is 2. The molecule has 1 N–H and O–H groups in total. The number of esters is 2. The molecule has 5 heteroatoms. The molecule has 0 spiro atoms. The molecule has 1 rings (SSSR count). The van der Waals surface area contributed by atoms with Crippen molar-refractivity contribution in [2.45, 2.75) is 0 Å². The van der Waals surface area contributed by atoms with Gasteiger partial charge in [0.1, 0.15) is 5.70 Å². The Balaban J connectivity index is 3.07. The highest BCUT2D eigenvalue weighted by Gasteiger charge is 2.13. The van der Waals surface area contributed by atoms with E-state index in [0.29, 0.717) is 5.69 Å². The number of rotatable bonds is 5. The first-order chi connectivity index (χ1) is 9.12. The molecule has 1 aromatic carbocycles. The summed E-state index contributed by atoms with van der Waals surface area (Å²) in [6.45, 7) is 3.67. The van der Waals surface area contributed by atoms with Gasteiger partial charge in [0.25, 0.3) is 0 Å². The second-order valence-electron chi connectivity index (χ2n) is 3.49. The molecule has 0 aliphatic carbocycles. The maximum Gasteiger partial charge on any atom is 0.354 e. The molecule has 0 fully saturated rings. The van der Waals surface area contributed by atoms with Gasteiger partial charge in [0.05, 0.1) is 20.3 Å². The number of anilines is 1. The molecule has 0 atom stereocenters. The van der Waals surface area contributed by atoms with Crippen molar-refractivity contribution >= 4 is 23.7 Å². The van der Waals surface area contributed by atoms with E-state index in [2.05, 4.69) is 21.4 Å². The first kappa shape index (κ1) is 14.5. The van der Waals surface area contributed by atoms with Crippen LogP contribution in [0, 0.1) is 0 Å². The number of ether oxygens (including phenoxy) is 2. The van der Waals surface area contributed by atoms with Gasteiger partial charge in [0.2, 0.25) is 0 Å².